The number of nitrogens with zero attached hydrogens (tertiary/aromatic N) is 2. The lowest BCUT2D eigenvalue weighted by Gasteiger charge is -2.43. The molecule has 1 fully saturated rings. The Labute approximate surface area is 424 Å². The van der Waals surface area contributed by atoms with Gasteiger partial charge in [0.2, 0.25) is 0 Å². The third-order valence-electron chi connectivity index (χ3n) is 17.8. The first-order valence-electron chi connectivity index (χ1n) is 26.6. The zero-order chi connectivity index (χ0) is 48.0. The molecule has 8 aromatic carbocycles. The fraction of sp³-hybridized carbons (Fsp3) is 0.200. The highest BCUT2D eigenvalue weighted by atomic mass is 15.0. The van der Waals surface area contributed by atoms with Crippen LogP contribution in [0.4, 0.5) is 0 Å². The molecule has 0 radical (unpaired) electrons. The van der Waals surface area contributed by atoms with Crippen molar-refractivity contribution in [2.24, 2.45) is 11.8 Å². The van der Waals surface area contributed by atoms with Gasteiger partial charge in [-0.25, -0.2) is 0 Å². The van der Waals surface area contributed by atoms with Gasteiger partial charge in [0.1, 0.15) is 0 Å². The Bertz CT molecular complexity index is 3820. The lowest BCUT2D eigenvalue weighted by Crippen LogP contribution is -2.30. The Morgan fingerprint density at radius 1 is 0.444 bits per heavy atom. The number of para-hydroxylation sites is 4. The molecule has 4 atom stereocenters. The SMILES string of the molecule is CCC1=C2C=C(CC2)CC1C(c1ccccc1-c1ccc(-n2c3ccccc3c3ccccc32)cc1)C(c1ccccc1-c1ccc(-n2c3ccccc3c3ccccc32)cc1)C1CC(C)=C2CC(=C1C)C2. The smallest absolute Gasteiger partial charge is 0.0541 e. The van der Waals surface area contributed by atoms with Gasteiger partial charge >= 0.3 is 0 Å². The van der Waals surface area contributed by atoms with Gasteiger partial charge in [0.25, 0.3) is 0 Å². The number of rotatable bonds is 10. The first-order chi connectivity index (χ1) is 35.5. The second-order valence-corrected chi connectivity index (χ2v) is 21.4. The Hall–Kier alpha value is -7.68. The van der Waals surface area contributed by atoms with Crippen LogP contribution in [-0.4, -0.2) is 9.13 Å². The summed E-state index contributed by atoms with van der Waals surface area (Å²) in [4.78, 5) is 0. The van der Waals surface area contributed by atoms with Crippen molar-refractivity contribution in [3.63, 3.8) is 0 Å². The Balaban J connectivity index is 0.954. The average Bonchev–Trinajstić information content (AvgIpc) is 4.04. The molecule has 0 spiro atoms. The van der Waals surface area contributed by atoms with Gasteiger partial charge in [-0.05, 0) is 170 Å². The van der Waals surface area contributed by atoms with E-state index in [-0.39, 0.29) is 11.8 Å². The van der Waals surface area contributed by atoms with E-state index in [0.29, 0.717) is 11.8 Å². The zero-order valence-corrected chi connectivity index (χ0v) is 41.7. The predicted molar refractivity (Wildman–Crippen MR) is 303 cm³/mol. The molecule has 0 amide bonds. The molecule has 2 aromatic heterocycles. The highest BCUT2D eigenvalue weighted by molar-refractivity contribution is 6.10. The van der Waals surface area contributed by atoms with Crippen LogP contribution >= 0.6 is 0 Å². The Morgan fingerprint density at radius 2 is 0.875 bits per heavy atom. The number of aromatic nitrogens is 2. The van der Waals surface area contributed by atoms with Crippen LogP contribution in [-0.2, 0) is 0 Å². The normalized spacial score (nSPS) is 18.6. The molecule has 72 heavy (non-hydrogen) atoms. The molecule has 0 N–H and O–H groups in total. The molecule has 2 heterocycles. The van der Waals surface area contributed by atoms with Crippen LogP contribution in [0.2, 0.25) is 0 Å². The molecule has 0 saturated heterocycles. The van der Waals surface area contributed by atoms with Gasteiger partial charge in [-0.2, -0.15) is 0 Å². The van der Waals surface area contributed by atoms with Crippen molar-refractivity contribution in [2.75, 3.05) is 0 Å². The first-order valence-corrected chi connectivity index (χ1v) is 26.6. The van der Waals surface area contributed by atoms with Gasteiger partial charge in [-0.3, -0.25) is 0 Å². The molecule has 350 valence electrons. The Kier molecular flexibility index (Phi) is 10.3. The van der Waals surface area contributed by atoms with E-state index in [4.69, 9.17) is 0 Å². The van der Waals surface area contributed by atoms with Crippen LogP contribution in [0.5, 0.6) is 0 Å². The average molecular weight is 929 g/mol. The molecule has 4 bridgehead atoms. The maximum atomic E-state index is 2.59. The van der Waals surface area contributed by atoms with Crippen molar-refractivity contribution in [1.29, 1.82) is 0 Å². The number of hydrogen-bond acceptors (Lipinski definition) is 0. The molecular formula is C70H60N2. The molecular weight excluding hydrogens is 869 g/mol. The van der Waals surface area contributed by atoms with Crippen molar-refractivity contribution in [1.82, 2.24) is 9.13 Å². The van der Waals surface area contributed by atoms with E-state index in [1.165, 1.54) is 101 Å². The lowest BCUT2D eigenvalue weighted by molar-refractivity contribution is 0.332. The van der Waals surface area contributed by atoms with Crippen LogP contribution in [0, 0.1) is 11.8 Å². The molecule has 2 nitrogen and oxygen atoms in total. The molecule has 10 aromatic rings. The molecule has 0 aliphatic heterocycles. The standard InChI is InChI=1S/C70H60N2/c1-4-54-49-30-29-46(40-49)41-64(54)70(62-24-8-6-18-56(62)48-33-37-53(38-34-48)72-67-27-15-11-21-59(67)60-22-12-16-28-68(60)72)69(63-39-44(2)50-42-51(43-50)45(63)3)61-23-7-5-17-55(61)47-31-35-52(36-32-47)71-65-25-13-9-19-57(65)58-20-10-14-26-66(58)71/h5-28,31-38,40,63-64,69-70H,4,29-30,39,41-43H2,1-3H3. The van der Waals surface area contributed by atoms with E-state index in [1.807, 2.05) is 0 Å². The van der Waals surface area contributed by atoms with Crippen molar-refractivity contribution < 1.29 is 0 Å². The van der Waals surface area contributed by atoms with Crippen LogP contribution in [0.25, 0.3) is 77.2 Å². The van der Waals surface area contributed by atoms with Gasteiger partial charge in [-0.15, -0.1) is 0 Å². The fourth-order valence-corrected chi connectivity index (χ4v) is 14.3. The minimum atomic E-state index is 0.226. The monoisotopic (exact) mass is 928 g/mol. The quantitative estimate of drug-likeness (QED) is 0.121. The van der Waals surface area contributed by atoms with Gasteiger partial charge in [0.05, 0.1) is 22.1 Å². The summed E-state index contributed by atoms with van der Waals surface area (Å²) in [5.74, 6) is 1.22. The van der Waals surface area contributed by atoms with Gasteiger partial charge in [0.15, 0.2) is 0 Å². The van der Waals surface area contributed by atoms with Crippen LogP contribution in [0.1, 0.15) is 88.7 Å². The van der Waals surface area contributed by atoms with Gasteiger partial charge in [0, 0.05) is 32.9 Å². The number of allylic oxidation sites excluding steroid dienone is 8. The summed E-state index contributed by atoms with van der Waals surface area (Å²) in [6, 6.07) is 73.7. The highest BCUT2D eigenvalue weighted by Crippen LogP contribution is 2.59. The lowest BCUT2D eigenvalue weighted by atomic mass is 9.60. The summed E-state index contributed by atoms with van der Waals surface area (Å²) < 4.78 is 4.89. The maximum absolute atomic E-state index is 2.59. The van der Waals surface area contributed by atoms with Crippen molar-refractivity contribution >= 4 is 43.6 Å². The van der Waals surface area contributed by atoms with Gasteiger partial charge < -0.3 is 9.13 Å². The van der Waals surface area contributed by atoms with E-state index >= 15 is 0 Å². The first kappa shape index (κ1) is 43.1. The molecule has 5 aliphatic rings. The summed E-state index contributed by atoms with van der Waals surface area (Å²) in [6.45, 7) is 7.42. The summed E-state index contributed by atoms with van der Waals surface area (Å²) in [5, 5.41) is 5.17. The second-order valence-electron chi connectivity index (χ2n) is 21.4. The van der Waals surface area contributed by atoms with Crippen molar-refractivity contribution in [2.45, 2.75) is 77.6 Å². The summed E-state index contributed by atoms with van der Waals surface area (Å²) in [7, 11) is 0. The summed E-state index contributed by atoms with van der Waals surface area (Å²) in [6.07, 6.45) is 10.6. The molecule has 2 heteroatoms. The summed E-state index contributed by atoms with van der Waals surface area (Å²) in [5.41, 5.74) is 27.2. The van der Waals surface area contributed by atoms with Crippen molar-refractivity contribution in [3.05, 3.63) is 250 Å². The van der Waals surface area contributed by atoms with E-state index in [1.54, 1.807) is 39.0 Å². The van der Waals surface area contributed by atoms with Crippen molar-refractivity contribution in [3.8, 4) is 33.6 Å². The minimum Gasteiger partial charge on any atom is -0.309 e. The zero-order valence-electron chi connectivity index (χ0n) is 41.7. The van der Waals surface area contributed by atoms with E-state index in [2.05, 4.69) is 230 Å². The van der Waals surface area contributed by atoms with Crippen LogP contribution < -0.4 is 0 Å². The third-order valence-corrected chi connectivity index (χ3v) is 17.8. The molecule has 1 saturated carbocycles. The number of fused-ring (bicyclic) bond motifs is 10. The maximum Gasteiger partial charge on any atom is 0.0541 e. The van der Waals surface area contributed by atoms with Gasteiger partial charge in [-0.1, -0.05) is 192 Å². The van der Waals surface area contributed by atoms with E-state index < -0.39 is 0 Å². The second kappa shape index (κ2) is 17.3. The fourth-order valence-electron chi connectivity index (χ4n) is 14.3. The largest absolute Gasteiger partial charge is 0.309 e. The topological polar surface area (TPSA) is 9.86 Å². The summed E-state index contributed by atoms with van der Waals surface area (Å²) >= 11 is 0. The molecule has 4 unspecified atom stereocenters. The van der Waals surface area contributed by atoms with Crippen LogP contribution in [0.15, 0.2) is 239 Å². The minimum absolute atomic E-state index is 0.226. The van der Waals surface area contributed by atoms with E-state index in [9.17, 15) is 0 Å². The number of hydrogen-bond donors (Lipinski definition) is 0. The van der Waals surface area contributed by atoms with Crippen LogP contribution in [0.3, 0.4) is 0 Å². The third kappa shape index (κ3) is 6.82. The number of benzene rings is 8. The molecule has 5 aliphatic carbocycles. The Morgan fingerprint density at radius 3 is 1.35 bits per heavy atom. The van der Waals surface area contributed by atoms with E-state index in [0.717, 1.165) is 32.1 Å². The molecule has 15 rings (SSSR count). The predicted octanol–water partition coefficient (Wildman–Crippen LogP) is 19.0. The highest BCUT2D eigenvalue weighted by Gasteiger charge is 2.45.